The Morgan fingerprint density at radius 2 is 1.28 bits per heavy atom. The minimum Gasteiger partial charge on any atom is -0.462 e. The minimum absolute atomic E-state index is 0.586. The van der Waals surface area contributed by atoms with Gasteiger partial charge in [0, 0.05) is 0 Å². The summed E-state index contributed by atoms with van der Waals surface area (Å²) in [4.78, 5) is 23.0. The normalized spacial score (nSPS) is 13.3. The molecule has 106 valence electrons. The van der Waals surface area contributed by atoms with Crippen LogP contribution in [0.5, 0.6) is 0 Å². The summed E-state index contributed by atoms with van der Waals surface area (Å²) in [5.41, 5.74) is 0. The van der Waals surface area contributed by atoms with Crippen LogP contribution in [0, 0.1) is 5.92 Å². The SMILES string of the molecule is CC(C)OC(=O)C(C(=O)OC(C)C)C(O)C(F)F. The van der Waals surface area contributed by atoms with Crippen molar-refractivity contribution < 1.29 is 33.0 Å². The van der Waals surface area contributed by atoms with E-state index in [9.17, 15) is 23.5 Å². The first kappa shape index (κ1) is 16.8. The zero-order chi connectivity index (χ0) is 14.5. The summed E-state index contributed by atoms with van der Waals surface area (Å²) in [5, 5.41) is 9.20. The van der Waals surface area contributed by atoms with Crippen molar-refractivity contribution in [2.75, 3.05) is 0 Å². The average molecular weight is 268 g/mol. The number of hydrogen-bond acceptors (Lipinski definition) is 5. The molecule has 0 spiro atoms. The monoisotopic (exact) mass is 268 g/mol. The summed E-state index contributed by atoms with van der Waals surface area (Å²) in [6.45, 7) is 5.99. The van der Waals surface area contributed by atoms with Gasteiger partial charge in [-0.1, -0.05) is 0 Å². The molecule has 0 aromatic heterocycles. The zero-order valence-corrected chi connectivity index (χ0v) is 10.7. The highest BCUT2D eigenvalue weighted by Gasteiger charge is 2.42. The number of aliphatic hydroxyl groups excluding tert-OH is 1. The van der Waals surface area contributed by atoms with Gasteiger partial charge in [0.25, 0.3) is 6.43 Å². The molecule has 18 heavy (non-hydrogen) atoms. The van der Waals surface area contributed by atoms with E-state index in [1.165, 1.54) is 27.7 Å². The van der Waals surface area contributed by atoms with Crippen molar-refractivity contribution >= 4 is 11.9 Å². The van der Waals surface area contributed by atoms with Crippen molar-refractivity contribution in [1.82, 2.24) is 0 Å². The second-order valence-corrected chi connectivity index (χ2v) is 4.27. The van der Waals surface area contributed by atoms with E-state index in [0.29, 0.717) is 0 Å². The Kier molecular flexibility index (Phi) is 6.75. The van der Waals surface area contributed by atoms with E-state index in [2.05, 4.69) is 9.47 Å². The standard InChI is InChI=1S/C11H18F2O5/c1-5(2)17-10(15)7(8(14)9(12)13)11(16)18-6(3)4/h5-9,14H,1-4H3. The van der Waals surface area contributed by atoms with E-state index in [4.69, 9.17) is 0 Å². The van der Waals surface area contributed by atoms with Crippen molar-refractivity contribution in [2.24, 2.45) is 5.92 Å². The summed E-state index contributed by atoms with van der Waals surface area (Å²) in [5.74, 6) is -4.47. The van der Waals surface area contributed by atoms with Gasteiger partial charge in [0.1, 0.15) is 6.10 Å². The van der Waals surface area contributed by atoms with Gasteiger partial charge in [-0.15, -0.1) is 0 Å². The van der Waals surface area contributed by atoms with Crippen LogP contribution in [-0.4, -0.2) is 41.8 Å². The molecule has 0 aromatic rings. The van der Waals surface area contributed by atoms with Gasteiger partial charge in [-0.25, -0.2) is 8.78 Å². The van der Waals surface area contributed by atoms with E-state index >= 15 is 0 Å². The van der Waals surface area contributed by atoms with Gasteiger partial charge in [0.2, 0.25) is 0 Å². The first-order valence-corrected chi connectivity index (χ1v) is 5.54. The predicted octanol–water partition coefficient (Wildman–Crippen LogP) is 1.13. The van der Waals surface area contributed by atoms with Crippen molar-refractivity contribution in [3.8, 4) is 0 Å². The molecule has 5 nitrogen and oxygen atoms in total. The first-order chi connectivity index (χ1) is 8.16. The van der Waals surface area contributed by atoms with Crippen molar-refractivity contribution in [2.45, 2.75) is 52.4 Å². The third-order valence-electron chi connectivity index (χ3n) is 1.81. The van der Waals surface area contributed by atoms with Crippen LogP contribution in [0.25, 0.3) is 0 Å². The van der Waals surface area contributed by atoms with Crippen LogP contribution in [0.2, 0.25) is 0 Å². The molecule has 0 aliphatic heterocycles. The largest absolute Gasteiger partial charge is 0.462 e. The van der Waals surface area contributed by atoms with Gasteiger partial charge in [0.05, 0.1) is 12.2 Å². The number of ether oxygens (including phenoxy) is 2. The van der Waals surface area contributed by atoms with Crippen LogP contribution in [0.4, 0.5) is 8.78 Å². The molecule has 0 saturated carbocycles. The fraction of sp³-hybridized carbons (Fsp3) is 0.818. The Morgan fingerprint density at radius 1 is 0.944 bits per heavy atom. The van der Waals surface area contributed by atoms with Crippen LogP contribution in [0.1, 0.15) is 27.7 Å². The van der Waals surface area contributed by atoms with Crippen LogP contribution < -0.4 is 0 Å². The zero-order valence-electron chi connectivity index (χ0n) is 10.7. The maximum absolute atomic E-state index is 12.4. The number of carbonyl (C=O) groups is 2. The second kappa shape index (κ2) is 7.25. The molecule has 0 rings (SSSR count). The number of aliphatic hydroxyl groups is 1. The van der Waals surface area contributed by atoms with Gasteiger partial charge in [-0.05, 0) is 27.7 Å². The van der Waals surface area contributed by atoms with E-state index in [0.717, 1.165) is 0 Å². The van der Waals surface area contributed by atoms with Crippen molar-refractivity contribution in [1.29, 1.82) is 0 Å². The van der Waals surface area contributed by atoms with Gasteiger partial charge in [0.15, 0.2) is 5.92 Å². The van der Waals surface area contributed by atoms with Crippen LogP contribution in [0.15, 0.2) is 0 Å². The molecule has 1 atom stereocenters. The van der Waals surface area contributed by atoms with Crippen LogP contribution >= 0.6 is 0 Å². The first-order valence-electron chi connectivity index (χ1n) is 5.54. The fourth-order valence-electron chi connectivity index (χ4n) is 1.13. The third-order valence-corrected chi connectivity index (χ3v) is 1.81. The number of carbonyl (C=O) groups excluding carboxylic acids is 2. The molecule has 0 aliphatic rings. The predicted molar refractivity (Wildman–Crippen MR) is 58.0 cm³/mol. The molecular formula is C11H18F2O5. The van der Waals surface area contributed by atoms with Crippen molar-refractivity contribution in [3.05, 3.63) is 0 Å². The molecule has 1 N–H and O–H groups in total. The Morgan fingerprint density at radius 3 is 1.50 bits per heavy atom. The maximum Gasteiger partial charge on any atom is 0.323 e. The van der Waals surface area contributed by atoms with E-state index in [1.807, 2.05) is 0 Å². The molecule has 0 radical (unpaired) electrons. The minimum atomic E-state index is -3.24. The molecule has 7 heteroatoms. The number of hydrogen-bond donors (Lipinski definition) is 1. The Labute approximate surface area is 104 Å². The average Bonchev–Trinajstić information content (AvgIpc) is 2.14. The molecule has 0 aromatic carbocycles. The summed E-state index contributed by atoms with van der Waals surface area (Å²) in [6.07, 6.45) is -6.86. The van der Waals surface area contributed by atoms with Gasteiger partial charge >= 0.3 is 11.9 Å². The van der Waals surface area contributed by atoms with Gasteiger partial charge in [-0.3, -0.25) is 9.59 Å². The van der Waals surface area contributed by atoms with E-state index in [-0.39, 0.29) is 0 Å². The van der Waals surface area contributed by atoms with Gasteiger partial charge in [-0.2, -0.15) is 0 Å². The van der Waals surface area contributed by atoms with Gasteiger partial charge < -0.3 is 14.6 Å². The molecule has 0 fully saturated rings. The highest BCUT2D eigenvalue weighted by molar-refractivity contribution is 5.95. The maximum atomic E-state index is 12.4. The smallest absolute Gasteiger partial charge is 0.323 e. The number of esters is 2. The lowest BCUT2D eigenvalue weighted by molar-refractivity contribution is -0.177. The second-order valence-electron chi connectivity index (χ2n) is 4.27. The molecule has 1 unspecified atom stereocenters. The quantitative estimate of drug-likeness (QED) is 0.577. The topological polar surface area (TPSA) is 72.8 Å². The summed E-state index contributed by atoms with van der Waals surface area (Å²) in [7, 11) is 0. The van der Waals surface area contributed by atoms with Crippen LogP contribution in [-0.2, 0) is 19.1 Å². The molecule has 0 amide bonds. The summed E-state index contributed by atoms with van der Waals surface area (Å²) in [6, 6.07) is 0. The number of halogens is 2. The van der Waals surface area contributed by atoms with Crippen LogP contribution in [0.3, 0.4) is 0 Å². The summed E-state index contributed by atoms with van der Waals surface area (Å²) >= 11 is 0. The lowest BCUT2D eigenvalue weighted by Crippen LogP contribution is -2.42. The number of alkyl halides is 2. The Hall–Kier alpha value is -1.24. The Balaban J connectivity index is 4.93. The molecule has 0 aliphatic carbocycles. The lowest BCUT2D eigenvalue weighted by Gasteiger charge is -2.21. The highest BCUT2D eigenvalue weighted by atomic mass is 19.3. The van der Waals surface area contributed by atoms with E-state index in [1.54, 1.807) is 0 Å². The molecule has 0 heterocycles. The summed E-state index contributed by atoms with van der Waals surface area (Å²) < 4.78 is 34.1. The van der Waals surface area contributed by atoms with Crippen molar-refractivity contribution in [3.63, 3.8) is 0 Å². The Bertz CT molecular complexity index is 269. The number of rotatable bonds is 6. The fourth-order valence-corrected chi connectivity index (χ4v) is 1.13. The lowest BCUT2D eigenvalue weighted by atomic mass is 10.0. The molecule has 0 bridgehead atoms. The highest BCUT2D eigenvalue weighted by Crippen LogP contribution is 2.17. The molecular weight excluding hydrogens is 250 g/mol. The molecule has 0 saturated heterocycles. The van der Waals surface area contributed by atoms with E-state index < -0.39 is 42.6 Å². The third kappa shape index (κ3) is 5.39.